The van der Waals surface area contributed by atoms with Crippen LogP contribution in [-0.2, 0) is 0 Å². The van der Waals surface area contributed by atoms with E-state index in [4.69, 9.17) is 0 Å². The highest BCUT2D eigenvalue weighted by atomic mass is 16.3. The number of nitrogens with one attached hydrogen (secondary N) is 1. The molecule has 3 aromatic rings. The van der Waals surface area contributed by atoms with Crippen LogP contribution in [0.25, 0.3) is 0 Å². The van der Waals surface area contributed by atoms with Crippen molar-refractivity contribution >= 4 is 29.2 Å². The first-order valence-electron chi connectivity index (χ1n) is 9.69. The van der Waals surface area contributed by atoms with Crippen molar-refractivity contribution in [1.82, 2.24) is 0 Å². The molecule has 0 saturated heterocycles. The lowest BCUT2D eigenvalue weighted by molar-refractivity contribution is 0.102. The summed E-state index contributed by atoms with van der Waals surface area (Å²) >= 11 is 0. The van der Waals surface area contributed by atoms with Crippen molar-refractivity contribution < 1.29 is 9.90 Å². The number of phenolic OH excluding ortho intramolecular Hbond substituents is 1. The van der Waals surface area contributed by atoms with Crippen LogP contribution in [0.1, 0.15) is 29.8 Å². The van der Waals surface area contributed by atoms with Crippen LogP contribution in [-0.4, -0.2) is 30.3 Å². The highest BCUT2D eigenvalue weighted by Crippen LogP contribution is 2.25. The van der Waals surface area contributed by atoms with Crippen LogP contribution in [0.5, 0.6) is 5.75 Å². The summed E-state index contributed by atoms with van der Waals surface area (Å²) in [6, 6.07) is 22.0. The largest absolute Gasteiger partial charge is 0.507 e. The molecule has 1 amide bonds. The molecule has 0 unspecified atom stereocenters. The second kappa shape index (κ2) is 9.55. The standard InChI is InChI=1S/C24H25N3O2/c1-3-27(4-2)20-15-14-18(23(28)16-20)17-25-22-13-9-8-12-21(22)24(29)26-19-10-6-5-7-11-19/h5-17,28H,3-4H2,1-2H3,(H,26,29). The highest BCUT2D eigenvalue weighted by molar-refractivity contribution is 6.08. The van der Waals surface area contributed by atoms with Gasteiger partial charge in [0, 0.05) is 42.3 Å². The number of carbonyl (C=O) groups excluding carboxylic acids is 1. The zero-order chi connectivity index (χ0) is 20.6. The Kier molecular flexibility index (Phi) is 6.63. The monoisotopic (exact) mass is 387 g/mol. The first-order valence-corrected chi connectivity index (χ1v) is 9.69. The maximum absolute atomic E-state index is 12.7. The lowest BCUT2D eigenvalue weighted by atomic mass is 10.1. The van der Waals surface area contributed by atoms with Crippen LogP contribution in [0.15, 0.2) is 77.8 Å². The number of benzene rings is 3. The molecule has 148 valence electrons. The number of aliphatic imine (C=N–C) groups is 1. The van der Waals surface area contributed by atoms with Crippen molar-refractivity contribution in [3.8, 4) is 5.75 Å². The lowest BCUT2D eigenvalue weighted by Gasteiger charge is -2.21. The van der Waals surface area contributed by atoms with Crippen LogP contribution < -0.4 is 10.2 Å². The van der Waals surface area contributed by atoms with Crippen LogP contribution in [0.2, 0.25) is 0 Å². The Hall–Kier alpha value is -3.60. The molecule has 3 rings (SSSR count). The minimum Gasteiger partial charge on any atom is -0.507 e. The topological polar surface area (TPSA) is 64.9 Å². The minimum atomic E-state index is -0.231. The maximum atomic E-state index is 12.7. The molecule has 0 spiro atoms. The smallest absolute Gasteiger partial charge is 0.257 e. The van der Waals surface area contributed by atoms with E-state index in [9.17, 15) is 9.90 Å². The Balaban J connectivity index is 1.82. The fraction of sp³-hybridized carbons (Fsp3) is 0.167. The fourth-order valence-corrected chi connectivity index (χ4v) is 3.06. The SMILES string of the molecule is CCN(CC)c1ccc(C=Nc2ccccc2C(=O)Nc2ccccc2)c(O)c1. The van der Waals surface area contributed by atoms with Gasteiger partial charge < -0.3 is 15.3 Å². The van der Waals surface area contributed by atoms with Crippen molar-refractivity contribution in [2.24, 2.45) is 4.99 Å². The van der Waals surface area contributed by atoms with E-state index in [0.29, 0.717) is 16.8 Å². The van der Waals surface area contributed by atoms with E-state index in [1.807, 2.05) is 48.5 Å². The Morgan fingerprint density at radius 1 is 1.00 bits per heavy atom. The maximum Gasteiger partial charge on any atom is 0.257 e. The van der Waals surface area contributed by atoms with Crippen LogP contribution in [0.3, 0.4) is 0 Å². The number of hydrogen-bond donors (Lipinski definition) is 2. The molecule has 0 heterocycles. The average Bonchev–Trinajstić information content (AvgIpc) is 2.75. The second-order valence-corrected chi connectivity index (χ2v) is 6.51. The molecular formula is C24H25N3O2. The zero-order valence-corrected chi connectivity index (χ0v) is 16.7. The molecule has 3 aromatic carbocycles. The van der Waals surface area contributed by atoms with Gasteiger partial charge in [-0.1, -0.05) is 30.3 Å². The van der Waals surface area contributed by atoms with Gasteiger partial charge in [-0.15, -0.1) is 0 Å². The molecule has 2 N–H and O–H groups in total. The number of carbonyl (C=O) groups is 1. The number of hydrogen-bond acceptors (Lipinski definition) is 4. The summed E-state index contributed by atoms with van der Waals surface area (Å²) in [5.41, 5.74) is 3.28. The molecule has 0 aliphatic heterocycles. The van der Waals surface area contributed by atoms with Gasteiger partial charge in [0.05, 0.1) is 11.3 Å². The fourth-order valence-electron chi connectivity index (χ4n) is 3.06. The van der Waals surface area contributed by atoms with Gasteiger partial charge in [-0.05, 0) is 50.2 Å². The summed E-state index contributed by atoms with van der Waals surface area (Å²) in [7, 11) is 0. The number of aromatic hydroxyl groups is 1. The van der Waals surface area contributed by atoms with Gasteiger partial charge in [0.1, 0.15) is 5.75 Å². The Labute approximate surface area is 171 Å². The molecule has 0 bridgehead atoms. The van der Waals surface area contributed by atoms with E-state index in [-0.39, 0.29) is 11.7 Å². The zero-order valence-electron chi connectivity index (χ0n) is 16.7. The van der Waals surface area contributed by atoms with Gasteiger partial charge in [-0.3, -0.25) is 9.79 Å². The third-order valence-electron chi connectivity index (χ3n) is 4.67. The molecule has 0 atom stereocenters. The van der Waals surface area contributed by atoms with Gasteiger partial charge in [0.15, 0.2) is 0 Å². The number of anilines is 2. The average molecular weight is 387 g/mol. The quantitative estimate of drug-likeness (QED) is 0.545. The Morgan fingerprint density at radius 3 is 2.38 bits per heavy atom. The van der Waals surface area contributed by atoms with Crippen molar-refractivity contribution in [1.29, 1.82) is 0 Å². The Morgan fingerprint density at radius 2 is 1.69 bits per heavy atom. The molecule has 0 aliphatic rings. The van der Waals surface area contributed by atoms with Crippen LogP contribution in [0, 0.1) is 0 Å². The first-order chi connectivity index (χ1) is 14.1. The van der Waals surface area contributed by atoms with Crippen molar-refractivity contribution in [3.63, 3.8) is 0 Å². The molecule has 5 nitrogen and oxygen atoms in total. The summed E-state index contributed by atoms with van der Waals surface area (Å²) in [5, 5.41) is 13.3. The van der Waals surface area contributed by atoms with Gasteiger partial charge in [0.2, 0.25) is 0 Å². The van der Waals surface area contributed by atoms with E-state index >= 15 is 0 Å². The molecule has 29 heavy (non-hydrogen) atoms. The van der Waals surface area contributed by atoms with Crippen molar-refractivity contribution in [2.75, 3.05) is 23.3 Å². The number of para-hydroxylation sites is 2. The molecule has 5 heteroatoms. The third-order valence-corrected chi connectivity index (χ3v) is 4.67. The number of nitrogens with zero attached hydrogens (tertiary/aromatic N) is 2. The Bertz CT molecular complexity index is 996. The number of rotatable bonds is 7. The number of phenols is 1. The molecule has 0 fully saturated rings. The summed E-state index contributed by atoms with van der Waals surface area (Å²) in [6.45, 7) is 5.89. The molecular weight excluding hydrogens is 362 g/mol. The second-order valence-electron chi connectivity index (χ2n) is 6.51. The summed E-state index contributed by atoms with van der Waals surface area (Å²) in [5.74, 6) is -0.0746. The van der Waals surface area contributed by atoms with Gasteiger partial charge in [0.25, 0.3) is 5.91 Å². The molecule has 0 radical (unpaired) electrons. The molecule has 0 saturated carbocycles. The van der Waals surface area contributed by atoms with E-state index < -0.39 is 0 Å². The van der Waals surface area contributed by atoms with Crippen molar-refractivity contribution in [3.05, 3.63) is 83.9 Å². The van der Waals surface area contributed by atoms with Gasteiger partial charge >= 0.3 is 0 Å². The predicted octanol–water partition coefficient (Wildman–Crippen LogP) is 5.24. The van der Waals surface area contributed by atoms with E-state index in [1.54, 1.807) is 30.5 Å². The van der Waals surface area contributed by atoms with E-state index in [0.717, 1.165) is 24.5 Å². The molecule has 0 aromatic heterocycles. The van der Waals surface area contributed by atoms with Crippen LogP contribution >= 0.6 is 0 Å². The van der Waals surface area contributed by atoms with Crippen LogP contribution in [0.4, 0.5) is 17.1 Å². The van der Waals surface area contributed by atoms with Crippen molar-refractivity contribution in [2.45, 2.75) is 13.8 Å². The summed E-state index contributed by atoms with van der Waals surface area (Å²) in [4.78, 5) is 19.3. The minimum absolute atomic E-state index is 0.157. The normalized spacial score (nSPS) is 10.8. The van der Waals surface area contributed by atoms with Gasteiger partial charge in [-0.2, -0.15) is 0 Å². The first kappa shape index (κ1) is 20.1. The lowest BCUT2D eigenvalue weighted by Crippen LogP contribution is -2.21. The van der Waals surface area contributed by atoms with E-state index in [1.165, 1.54) is 0 Å². The number of amides is 1. The highest BCUT2D eigenvalue weighted by Gasteiger charge is 2.11. The third kappa shape index (κ3) is 5.02. The van der Waals surface area contributed by atoms with E-state index in [2.05, 4.69) is 29.1 Å². The molecule has 0 aliphatic carbocycles. The predicted molar refractivity (Wildman–Crippen MR) is 120 cm³/mol. The summed E-state index contributed by atoms with van der Waals surface area (Å²) < 4.78 is 0. The summed E-state index contributed by atoms with van der Waals surface area (Å²) in [6.07, 6.45) is 1.58. The van der Waals surface area contributed by atoms with Gasteiger partial charge in [-0.25, -0.2) is 0 Å².